The fraction of sp³-hybridized carbons (Fsp3) is 0.407. The Morgan fingerprint density at radius 1 is 1.06 bits per heavy atom. The van der Waals surface area contributed by atoms with Crippen LogP contribution in [0, 0.1) is 11.3 Å². The number of nitriles is 1. The Labute approximate surface area is 186 Å². The van der Waals surface area contributed by atoms with Crippen LogP contribution in [-0.2, 0) is 5.41 Å². The van der Waals surface area contributed by atoms with Gasteiger partial charge in [-0.25, -0.2) is 0 Å². The molecule has 0 saturated carbocycles. The minimum absolute atomic E-state index is 0.219. The Kier molecular flexibility index (Phi) is 6.85. The number of phenols is 1. The molecule has 4 heteroatoms. The SMILES string of the molecule is CCCC[N+]1=C(/C=C/c2ccc(N(CC)CC)cc2O)C(C)(C)c2cc(C#N)ccc21. The van der Waals surface area contributed by atoms with E-state index in [1.54, 1.807) is 0 Å². The largest absolute Gasteiger partial charge is 0.507 e. The predicted octanol–water partition coefficient (Wildman–Crippen LogP) is 6.00. The number of hydrogen-bond acceptors (Lipinski definition) is 3. The fourth-order valence-corrected chi connectivity index (χ4v) is 4.43. The van der Waals surface area contributed by atoms with Gasteiger partial charge >= 0.3 is 0 Å². The number of hydrogen-bond donors (Lipinski definition) is 1. The maximum atomic E-state index is 10.6. The molecule has 0 spiro atoms. The Bertz CT molecular complexity index is 1050. The smallest absolute Gasteiger partial charge is 0.209 e. The molecule has 4 nitrogen and oxygen atoms in total. The molecule has 0 atom stereocenters. The van der Waals surface area contributed by atoms with E-state index in [0.29, 0.717) is 11.3 Å². The lowest BCUT2D eigenvalue weighted by molar-refractivity contribution is -0.438. The van der Waals surface area contributed by atoms with Gasteiger partial charge in [0.05, 0.1) is 17.0 Å². The van der Waals surface area contributed by atoms with Crippen LogP contribution in [0.15, 0.2) is 42.5 Å². The van der Waals surface area contributed by atoms with Gasteiger partial charge < -0.3 is 10.0 Å². The highest BCUT2D eigenvalue weighted by molar-refractivity contribution is 6.05. The normalized spacial score (nSPS) is 14.7. The fourth-order valence-electron chi connectivity index (χ4n) is 4.43. The van der Waals surface area contributed by atoms with E-state index in [2.05, 4.69) is 68.4 Å². The third kappa shape index (κ3) is 4.37. The van der Waals surface area contributed by atoms with Crippen LogP contribution >= 0.6 is 0 Å². The molecule has 0 radical (unpaired) electrons. The summed E-state index contributed by atoms with van der Waals surface area (Å²) in [5, 5.41) is 20.0. The summed E-state index contributed by atoms with van der Waals surface area (Å²) < 4.78 is 2.37. The highest BCUT2D eigenvalue weighted by atomic mass is 16.3. The van der Waals surface area contributed by atoms with Gasteiger partial charge in [0.25, 0.3) is 0 Å². The first kappa shape index (κ1) is 22.6. The minimum atomic E-state index is -0.219. The van der Waals surface area contributed by atoms with Crippen molar-refractivity contribution < 1.29 is 9.68 Å². The van der Waals surface area contributed by atoms with Crippen LogP contribution in [0.1, 0.15) is 64.2 Å². The number of nitrogens with zero attached hydrogens (tertiary/aromatic N) is 3. The molecule has 2 aromatic rings. The van der Waals surface area contributed by atoms with Gasteiger partial charge in [0, 0.05) is 54.5 Å². The predicted molar refractivity (Wildman–Crippen MR) is 130 cm³/mol. The molecule has 0 aliphatic carbocycles. The van der Waals surface area contributed by atoms with E-state index in [4.69, 9.17) is 0 Å². The van der Waals surface area contributed by atoms with Crippen molar-refractivity contribution in [3.63, 3.8) is 0 Å². The number of rotatable bonds is 8. The average molecular weight is 417 g/mol. The summed E-state index contributed by atoms with van der Waals surface area (Å²) in [6, 6.07) is 14.2. The molecule has 3 rings (SSSR count). The van der Waals surface area contributed by atoms with Crippen LogP contribution < -0.4 is 4.90 Å². The highest BCUT2D eigenvalue weighted by Crippen LogP contribution is 2.41. The molecule has 1 heterocycles. The van der Waals surface area contributed by atoms with Gasteiger partial charge in [0.15, 0.2) is 5.71 Å². The summed E-state index contributed by atoms with van der Waals surface area (Å²) in [6.45, 7) is 13.6. The Morgan fingerprint density at radius 2 is 1.81 bits per heavy atom. The van der Waals surface area contributed by atoms with Crippen LogP contribution in [0.2, 0.25) is 0 Å². The van der Waals surface area contributed by atoms with E-state index < -0.39 is 0 Å². The number of unbranched alkanes of at least 4 members (excludes halogenated alkanes) is 1. The molecule has 162 valence electrons. The van der Waals surface area contributed by atoms with Crippen molar-refractivity contribution in [3.8, 4) is 11.8 Å². The van der Waals surface area contributed by atoms with Crippen molar-refractivity contribution in [2.75, 3.05) is 24.5 Å². The van der Waals surface area contributed by atoms with Crippen molar-refractivity contribution in [2.45, 2.75) is 52.9 Å². The molecule has 1 N–H and O–H groups in total. The highest BCUT2D eigenvalue weighted by Gasteiger charge is 2.44. The first-order valence-electron chi connectivity index (χ1n) is 11.3. The van der Waals surface area contributed by atoms with E-state index in [9.17, 15) is 10.4 Å². The molecule has 2 aromatic carbocycles. The Hall–Kier alpha value is -3.06. The van der Waals surface area contributed by atoms with Crippen LogP contribution in [0.25, 0.3) is 6.08 Å². The average Bonchev–Trinajstić information content (AvgIpc) is 2.98. The van der Waals surface area contributed by atoms with E-state index in [1.807, 2.05) is 30.3 Å². The monoisotopic (exact) mass is 416 g/mol. The molecule has 1 aliphatic rings. The molecular weight excluding hydrogens is 382 g/mol. The first-order chi connectivity index (χ1) is 14.9. The summed E-state index contributed by atoms with van der Waals surface area (Å²) in [6.07, 6.45) is 6.35. The van der Waals surface area contributed by atoms with Crippen molar-refractivity contribution in [1.82, 2.24) is 0 Å². The maximum absolute atomic E-state index is 10.6. The molecule has 1 aliphatic heterocycles. The second-order valence-electron chi connectivity index (χ2n) is 8.61. The van der Waals surface area contributed by atoms with Gasteiger partial charge in [0.2, 0.25) is 5.69 Å². The number of benzene rings is 2. The van der Waals surface area contributed by atoms with E-state index in [0.717, 1.165) is 43.7 Å². The summed E-state index contributed by atoms with van der Waals surface area (Å²) in [7, 11) is 0. The van der Waals surface area contributed by atoms with Gasteiger partial charge in [-0.05, 0) is 58.0 Å². The molecule has 0 saturated heterocycles. The van der Waals surface area contributed by atoms with Crippen molar-refractivity contribution in [1.29, 1.82) is 5.26 Å². The minimum Gasteiger partial charge on any atom is -0.507 e. The third-order valence-electron chi connectivity index (χ3n) is 6.32. The Balaban J connectivity index is 2.01. The molecule has 31 heavy (non-hydrogen) atoms. The number of fused-ring (bicyclic) bond motifs is 1. The van der Waals surface area contributed by atoms with Crippen LogP contribution in [-0.4, -0.2) is 35.0 Å². The lowest BCUT2D eigenvalue weighted by Gasteiger charge is -2.21. The lowest BCUT2D eigenvalue weighted by Crippen LogP contribution is -2.28. The number of aromatic hydroxyl groups is 1. The molecular formula is C27H34N3O+. The van der Waals surface area contributed by atoms with Crippen molar-refractivity contribution >= 4 is 23.2 Å². The number of phenolic OH excluding ortho intramolecular Hbond substituents is 1. The summed E-state index contributed by atoms with van der Waals surface area (Å²) in [5.74, 6) is 0.293. The van der Waals surface area contributed by atoms with Crippen LogP contribution in [0.4, 0.5) is 11.4 Å². The zero-order valence-corrected chi connectivity index (χ0v) is 19.4. The molecule has 0 bridgehead atoms. The van der Waals surface area contributed by atoms with Crippen molar-refractivity contribution in [2.24, 2.45) is 0 Å². The molecule has 0 unspecified atom stereocenters. The summed E-state index contributed by atoms with van der Waals surface area (Å²) >= 11 is 0. The van der Waals surface area contributed by atoms with Gasteiger partial charge in [-0.15, -0.1) is 0 Å². The van der Waals surface area contributed by atoms with Crippen molar-refractivity contribution in [3.05, 3.63) is 59.2 Å². The zero-order valence-electron chi connectivity index (χ0n) is 19.4. The molecule has 0 amide bonds. The summed E-state index contributed by atoms with van der Waals surface area (Å²) in [4.78, 5) is 2.22. The third-order valence-corrected chi connectivity index (χ3v) is 6.32. The lowest BCUT2D eigenvalue weighted by atomic mass is 9.80. The Morgan fingerprint density at radius 3 is 2.42 bits per heavy atom. The van der Waals surface area contributed by atoms with Gasteiger partial charge in [0.1, 0.15) is 12.3 Å². The molecule has 0 aromatic heterocycles. The topological polar surface area (TPSA) is 50.3 Å². The maximum Gasteiger partial charge on any atom is 0.209 e. The zero-order chi connectivity index (χ0) is 22.6. The van der Waals surface area contributed by atoms with E-state index in [-0.39, 0.29) is 5.41 Å². The standard InChI is InChI=1S/C27H33N3O/c1-6-9-16-30-24-14-10-20(19-28)17-23(24)27(4,5)26(30)15-12-21-11-13-22(18-25(21)31)29(7-2)8-3/h10-15,17-18H,6-9,16H2,1-5H3/p+1. The number of allylic oxidation sites excluding steroid dienone is 1. The van der Waals surface area contributed by atoms with Gasteiger partial charge in [-0.3, -0.25) is 0 Å². The first-order valence-corrected chi connectivity index (χ1v) is 11.3. The van der Waals surface area contributed by atoms with Crippen LogP contribution in [0.5, 0.6) is 5.75 Å². The number of anilines is 1. The summed E-state index contributed by atoms with van der Waals surface area (Å²) in [5.41, 5.74) is 5.87. The van der Waals surface area contributed by atoms with Gasteiger partial charge in [-0.2, -0.15) is 9.84 Å². The quantitative estimate of drug-likeness (QED) is 0.537. The second kappa shape index (κ2) is 9.39. The molecule has 0 fully saturated rings. The van der Waals surface area contributed by atoms with E-state index in [1.165, 1.54) is 17.0 Å². The van der Waals surface area contributed by atoms with Crippen LogP contribution in [0.3, 0.4) is 0 Å². The van der Waals surface area contributed by atoms with Gasteiger partial charge in [-0.1, -0.05) is 13.3 Å². The second-order valence-corrected chi connectivity index (χ2v) is 8.61. The van der Waals surface area contributed by atoms with E-state index >= 15 is 0 Å².